The summed E-state index contributed by atoms with van der Waals surface area (Å²) >= 11 is 0. The number of aromatic nitrogens is 2. The summed E-state index contributed by atoms with van der Waals surface area (Å²) in [4.78, 5) is 10.7. The van der Waals surface area contributed by atoms with Gasteiger partial charge in [-0.25, -0.2) is 0 Å². The molecule has 0 radical (unpaired) electrons. The molecule has 0 bridgehead atoms. The van der Waals surface area contributed by atoms with Gasteiger partial charge in [0, 0.05) is 11.9 Å². The molecule has 1 heterocycles. The third kappa shape index (κ3) is 2.06. The average molecular weight is 183 g/mol. The van der Waals surface area contributed by atoms with Crippen molar-refractivity contribution in [1.82, 2.24) is 9.78 Å². The van der Waals surface area contributed by atoms with Gasteiger partial charge >= 0.3 is 5.97 Å². The van der Waals surface area contributed by atoms with Crippen LogP contribution in [-0.4, -0.2) is 26.4 Å². The van der Waals surface area contributed by atoms with Gasteiger partial charge in [0.2, 0.25) is 0 Å². The van der Waals surface area contributed by atoms with Crippen molar-refractivity contribution in [2.45, 2.75) is 25.9 Å². The zero-order valence-corrected chi connectivity index (χ0v) is 7.69. The molecule has 0 spiro atoms. The SMILES string of the molecule is Cc1ccnn1CC(C)(N)C(=O)O. The van der Waals surface area contributed by atoms with E-state index in [4.69, 9.17) is 10.8 Å². The fraction of sp³-hybridized carbons (Fsp3) is 0.500. The molecule has 0 aromatic carbocycles. The van der Waals surface area contributed by atoms with Gasteiger partial charge in [-0.05, 0) is 19.9 Å². The topological polar surface area (TPSA) is 81.1 Å². The normalized spacial score (nSPS) is 15.3. The van der Waals surface area contributed by atoms with Crippen molar-refractivity contribution in [1.29, 1.82) is 0 Å². The fourth-order valence-electron chi connectivity index (χ4n) is 0.943. The van der Waals surface area contributed by atoms with Crippen molar-refractivity contribution in [3.8, 4) is 0 Å². The molecule has 0 aliphatic heterocycles. The molecule has 1 aromatic heterocycles. The standard InChI is InChI=1S/C8H13N3O2/c1-6-3-4-10-11(6)5-8(2,9)7(12)13/h3-4H,5,9H2,1-2H3,(H,12,13). The van der Waals surface area contributed by atoms with Crippen LogP contribution in [0, 0.1) is 6.92 Å². The number of aliphatic carboxylic acids is 1. The van der Waals surface area contributed by atoms with Gasteiger partial charge < -0.3 is 10.8 Å². The number of carboxylic acids is 1. The molecular formula is C8H13N3O2. The maximum absolute atomic E-state index is 10.7. The molecule has 5 nitrogen and oxygen atoms in total. The van der Waals surface area contributed by atoms with E-state index < -0.39 is 11.5 Å². The van der Waals surface area contributed by atoms with E-state index in [9.17, 15) is 4.79 Å². The summed E-state index contributed by atoms with van der Waals surface area (Å²) in [6.45, 7) is 3.50. The van der Waals surface area contributed by atoms with Crippen molar-refractivity contribution in [2.75, 3.05) is 0 Å². The summed E-state index contributed by atoms with van der Waals surface area (Å²) < 4.78 is 1.58. The Morgan fingerprint density at radius 2 is 2.46 bits per heavy atom. The molecule has 0 amide bonds. The summed E-state index contributed by atoms with van der Waals surface area (Å²) in [6, 6.07) is 1.80. The molecule has 0 saturated heterocycles. The molecule has 1 rings (SSSR count). The molecule has 3 N–H and O–H groups in total. The maximum atomic E-state index is 10.7. The number of carboxylic acid groups (broad SMARTS) is 1. The Bertz CT molecular complexity index is 317. The second-order valence-electron chi connectivity index (χ2n) is 3.35. The second kappa shape index (κ2) is 3.18. The first-order chi connectivity index (χ1) is 5.93. The van der Waals surface area contributed by atoms with Crippen molar-refractivity contribution in [2.24, 2.45) is 5.73 Å². The lowest BCUT2D eigenvalue weighted by Gasteiger charge is -2.19. The van der Waals surface area contributed by atoms with Crippen LogP contribution in [-0.2, 0) is 11.3 Å². The molecule has 0 fully saturated rings. The number of hydrogen-bond donors (Lipinski definition) is 2. The fourth-order valence-corrected chi connectivity index (χ4v) is 0.943. The highest BCUT2D eigenvalue weighted by Crippen LogP contribution is 2.05. The van der Waals surface area contributed by atoms with E-state index in [0.29, 0.717) is 0 Å². The predicted octanol–water partition coefficient (Wildman–Crippen LogP) is -0.00648. The number of carbonyl (C=O) groups is 1. The largest absolute Gasteiger partial charge is 0.480 e. The van der Waals surface area contributed by atoms with Crippen LogP contribution < -0.4 is 5.73 Å². The first-order valence-corrected chi connectivity index (χ1v) is 3.94. The van der Waals surface area contributed by atoms with E-state index in [2.05, 4.69) is 5.10 Å². The van der Waals surface area contributed by atoms with Gasteiger partial charge in [-0.2, -0.15) is 5.10 Å². The van der Waals surface area contributed by atoms with Crippen molar-refractivity contribution < 1.29 is 9.90 Å². The monoisotopic (exact) mass is 183 g/mol. The van der Waals surface area contributed by atoms with E-state index in [-0.39, 0.29) is 6.54 Å². The van der Waals surface area contributed by atoms with Crippen LogP contribution in [0.3, 0.4) is 0 Å². The minimum absolute atomic E-state index is 0.182. The Kier molecular flexibility index (Phi) is 2.38. The third-order valence-corrected chi connectivity index (χ3v) is 1.90. The van der Waals surface area contributed by atoms with E-state index in [1.807, 2.05) is 6.92 Å². The van der Waals surface area contributed by atoms with Crippen LogP contribution in [0.1, 0.15) is 12.6 Å². The van der Waals surface area contributed by atoms with Gasteiger partial charge in [0.05, 0.1) is 6.54 Å². The highest BCUT2D eigenvalue weighted by atomic mass is 16.4. The Morgan fingerprint density at radius 1 is 1.85 bits per heavy atom. The lowest BCUT2D eigenvalue weighted by Crippen LogP contribution is -2.48. The summed E-state index contributed by atoms with van der Waals surface area (Å²) in [5.41, 5.74) is 5.19. The molecule has 0 aliphatic carbocycles. The highest BCUT2D eigenvalue weighted by Gasteiger charge is 2.28. The van der Waals surface area contributed by atoms with Gasteiger partial charge in [0.15, 0.2) is 0 Å². The van der Waals surface area contributed by atoms with Gasteiger partial charge in [-0.3, -0.25) is 9.48 Å². The number of rotatable bonds is 3. The average Bonchev–Trinajstić information content (AvgIpc) is 2.35. The minimum Gasteiger partial charge on any atom is -0.480 e. The zero-order valence-electron chi connectivity index (χ0n) is 7.69. The number of hydrogen-bond acceptors (Lipinski definition) is 3. The van der Waals surface area contributed by atoms with E-state index in [0.717, 1.165) is 5.69 Å². The van der Waals surface area contributed by atoms with Crippen LogP contribution in [0.2, 0.25) is 0 Å². The first-order valence-electron chi connectivity index (χ1n) is 3.94. The molecule has 0 saturated carbocycles. The van der Waals surface area contributed by atoms with Gasteiger partial charge in [0.25, 0.3) is 0 Å². The molecule has 72 valence electrons. The predicted molar refractivity (Wildman–Crippen MR) is 47.2 cm³/mol. The quantitative estimate of drug-likeness (QED) is 0.690. The molecule has 5 heteroatoms. The van der Waals surface area contributed by atoms with E-state index in [1.165, 1.54) is 6.92 Å². The molecule has 1 unspecified atom stereocenters. The van der Waals surface area contributed by atoms with Crippen molar-refractivity contribution in [3.05, 3.63) is 18.0 Å². The Hall–Kier alpha value is -1.36. The van der Waals surface area contributed by atoms with Gasteiger partial charge in [-0.15, -0.1) is 0 Å². The molecule has 0 aliphatic rings. The zero-order chi connectivity index (χ0) is 10.1. The van der Waals surface area contributed by atoms with Crippen LogP contribution in [0.15, 0.2) is 12.3 Å². The second-order valence-corrected chi connectivity index (χ2v) is 3.35. The van der Waals surface area contributed by atoms with Gasteiger partial charge in [0.1, 0.15) is 5.54 Å². The molecular weight excluding hydrogens is 170 g/mol. The van der Waals surface area contributed by atoms with E-state index >= 15 is 0 Å². The number of aryl methyl sites for hydroxylation is 1. The number of nitrogens with zero attached hydrogens (tertiary/aromatic N) is 2. The Morgan fingerprint density at radius 3 is 2.85 bits per heavy atom. The number of nitrogens with two attached hydrogens (primary N) is 1. The van der Waals surface area contributed by atoms with Crippen molar-refractivity contribution >= 4 is 5.97 Å². The Labute approximate surface area is 76.2 Å². The van der Waals surface area contributed by atoms with Crippen LogP contribution in [0.4, 0.5) is 0 Å². The lowest BCUT2D eigenvalue weighted by atomic mass is 10.1. The van der Waals surface area contributed by atoms with Crippen LogP contribution >= 0.6 is 0 Å². The summed E-state index contributed by atoms with van der Waals surface area (Å²) in [5, 5.41) is 12.7. The molecule has 1 atom stereocenters. The smallest absolute Gasteiger partial charge is 0.325 e. The van der Waals surface area contributed by atoms with Crippen LogP contribution in [0.5, 0.6) is 0 Å². The lowest BCUT2D eigenvalue weighted by molar-refractivity contribution is -0.143. The van der Waals surface area contributed by atoms with E-state index in [1.54, 1.807) is 16.9 Å². The highest BCUT2D eigenvalue weighted by molar-refractivity contribution is 5.77. The summed E-state index contributed by atoms with van der Waals surface area (Å²) in [6.07, 6.45) is 1.62. The Balaban J connectivity index is 2.80. The minimum atomic E-state index is -1.27. The van der Waals surface area contributed by atoms with Gasteiger partial charge in [-0.1, -0.05) is 0 Å². The van der Waals surface area contributed by atoms with Crippen LogP contribution in [0.25, 0.3) is 0 Å². The van der Waals surface area contributed by atoms with Crippen molar-refractivity contribution in [3.63, 3.8) is 0 Å². The molecule has 13 heavy (non-hydrogen) atoms. The summed E-state index contributed by atoms with van der Waals surface area (Å²) in [7, 11) is 0. The maximum Gasteiger partial charge on any atom is 0.325 e. The third-order valence-electron chi connectivity index (χ3n) is 1.90. The first kappa shape index (κ1) is 9.73. The summed E-state index contributed by atoms with van der Waals surface area (Å²) in [5.74, 6) is -1.03. The molecule has 1 aromatic rings.